The van der Waals surface area contributed by atoms with Gasteiger partial charge in [0, 0.05) is 31.3 Å². The SMILES string of the molecule is CN(C)C1CCN(C(=O)NC(=O)C=CC(=O)O)C1. The third kappa shape index (κ3) is 4.17. The van der Waals surface area contributed by atoms with Crippen molar-refractivity contribution in [2.45, 2.75) is 12.5 Å². The number of aliphatic carboxylic acids is 1. The topological polar surface area (TPSA) is 90.0 Å². The van der Waals surface area contributed by atoms with Crippen LogP contribution in [0.25, 0.3) is 0 Å². The third-order valence-electron chi connectivity index (χ3n) is 2.79. The number of carbonyl (C=O) groups excluding carboxylic acids is 2. The molecule has 2 N–H and O–H groups in total. The molecule has 0 aliphatic carbocycles. The lowest BCUT2D eigenvalue weighted by Gasteiger charge is -2.20. The molecule has 0 aromatic heterocycles. The molecule has 0 radical (unpaired) electrons. The van der Waals surface area contributed by atoms with E-state index in [1.807, 2.05) is 19.0 Å². The number of carboxylic acids is 1. The first-order valence-electron chi connectivity index (χ1n) is 5.57. The summed E-state index contributed by atoms with van der Waals surface area (Å²) in [6.45, 7) is 1.15. The van der Waals surface area contributed by atoms with E-state index < -0.39 is 17.9 Å². The van der Waals surface area contributed by atoms with Crippen molar-refractivity contribution in [3.8, 4) is 0 Å². The van der Waals surface area contributed by atoms with E-state index in [0.29, 0.717) is 25.2 Å². The summed E-state index contributed by atoms with van der Waals surface area (Å²) < 4.78 is 0. The van der Waals surface area contributed by atoms with Gasteiger partial charge in [-0.2, -0.15) is 0 Å². The molecule has 1 unspecified atom stereocenters. The summed E-state index contributed by atoms with van der Waals surface area (Å²) in [5.74, 6) is -1.96. The number of nitrogens with one attached hydrogen (secondary N) is 1. The fourth-order valence-electron chi connectivity index (χ4n) is 1.72. The number of likely N-dealkylation sites (tertiary alicyclic amines) is 1. The Hall–Kier alpha value is -1.89. The van der Waals surface area contributed by atoms with Crippen LogP contribution in [0.1, 0.15) is 6.42 Å². The second-order valence-electron chi connectivity index (χ2n) is 4.32. The fourth-order valence-corrected chi connectivity index (χ4v) is 1.72. The summed E-state index contributed by atoms with van der Waals surface area (Å²) >= 11 is 0. The monoisotopic (exact) mass is 255 g/mol. The van der Waals surface area contributed by atoms with E-state index in [0.717, 1.165) is 12.5 Å². The first kappa shape index (κ1) is 14.2. The van der Waals surface area contributed by atoms with Crippen LogP contribution in [0.5, 0.6) is 0 Å². The van der Waals surface area contributed by atoms with Gasteiger partial charge in [0.1, 0.15) is 0 Å². The van der Waals surface area contributed by atoms with Crippen LogP contribution in [0.15, 0.2) is 12.2 Å². The Morgan fingerprint density at radius 1 is 1.33 bits per heavy atom. The molecule has 1 heterocycles. The maximum Gasteiger partial charge on any atom is 0.328 e. The smallest absolute Gasteiger partial charge is 0.328 e. The second-order valence-corrected chi connectivity index (χ2v) is 4.32. The maximum atomic E-state index is 11.7. The molecule has 0 aromatic rings. The molecule has 1 aliphatic heterocycles. The Bertz CT molecular complexity index is 378. The van der Waals surface area contributed by atoms with Gasteiger partial charge in [-0.15, -0.1) is 0 Å². The third-order valence-corrected chi connectivity index (χ3v) is 2.79. The number of likely N-dealkylation sites (N-methyl/N-ethyl adjacent to an activating group) is 1. The molecule has 0 spiro atoms. The summed E-state index contributed by atoms with van der Waals surface area (Å²) in [6, 6.07) is -0.195. The lowest BCUT2D eigenvalue weighted by Crippen LogP contribution is -2.42. The minimum absolute atomic E-state index is 0.292. The number of rotatable bonds is 3. The number of nitrogens with zero attached hydrogens (tertiary/aromatic N) is 2. The number of urea groups is 1. The van der Waals surface area contributed by atoms with Gasteiger partial charge in [-0.1, -0.05) is 0 Å². The summed E-state index contributed by atoms with van der Waals surface area (Å²) in [5, 5.41) is 10.5. The highest BCUT2D eigenvalue weighted by atomic mass is 16.4. The summed E-state index contributed by atoms with van der Waals surface area (Å²) in [6.07, 6.45) is 2.37. The van der Waals surface area contributed by atoms with Gasteiger partial charge in [0.2, 0.25) is 0 Å². The van der Waals surface area contributed by atoms with Crippen molar-refractivity contribution in [3.63, 3.8) is 0 Å². The number of imide groups is 1. The van der Waals surface area contributed by atoms with Gasteiger partial charge in [0.15, 0.2) is 0 Å². The van der Waals surface area contributed by atoms with Crippen LogP contribution in [0.2, 0.25) is 0 Å². The highest BCUT2D eigenvalue weighted by Gasteiger charge is 2.27. The largest absolute Gasteiger partial charge is 0.478 e. The van der Waals surface area contributed by atoms with Crippen LogP contribution in [-0.2, 0) is 9.59 Å². The molecule has 0 bridgehead atoms. The minimum atomic E-state index is -1.23. The number of hydrogen-bond acceptors (Lipinski definition) is 4. The van der Waals surface area contributed by atoms with Gasteiger partial charge in [0.25, 0.3) is 5.91 Å². The average molecular weight is 255 g/mol. The Kier molecular flexibility index (Phi) is 4.85. The van der Waals surface area contributed by atoms with Crippen molar-refractivity contribution in [1.29, 1.82) is 0 Å². The quantitative estimate of drug-likeness (QED) is 0.663. The highest BCUT2D eigenvalue weighted by Crippen LogP contribution is 2.12. The van der Waals surface area contributed by atoms with Crippen molar-refractivity contribution in [2.24, 2.45) is 0 Å². The Balaban J connectivity index is 2.43. The van der Waals surface area contributed by atoms with Gasteiger partial charge in [-0.05, 0) is 20.5 Å². The number of amides is 3. The number of carbonyl (C=O) groups is 3. The van der Waals surface area contributed by atoms with Gasteiger partial charge < -0.3 is 14.9 Å². The van der Waals surface area contributed by atoms with E-state index in [9.17, 15) is 14.4 Å². The Morgan fingerprint density at radius 2 is 2.00 bits per heavy atom. The molecule has 18 heavy (non-hydrogen) atoms. The molecule has 0 aromatic carbocycles. The lowest BCUT2D eigenvalue weighted by molar-refractivity contribution is -0.131. The molecule has 7 heteroatoms. The molecule has 1 fully saturated rings. The van der Waals surface area contributed by atoms with Crippen LogP contribution in [0, 0.1) is 0 Å². The molecule has 1 saturated heterocycles. The van der Waals surface area contributed by atoms with Crippen LogP contribution in [0.3, 0.4) is 0 Å². The number of hydrogen-bond donors (Lipinski definition) is 2. The highest BCUT2D eigenvalue weighted by molar-refractivity contribution is 6.02. The molecular weight excluding hydrogens is 238 g/mol. The molecule has 7 nitrogen and oxygen atoms in total. The van der Waals surface area contributed by atoms with Crippen molar-refractivity contribution in [3.05, 3.63) is 12.2 Å². The molecule has 0 saturated carbocycles. The van der Waals surface area contributed by atoms with Crippen LogP contribution in [-0.4, -0.2) is 66.0 Å². The van der Waals surface area contributed by atoms with Crippen molar-refractivity contribution >= 4 is 17.9 Å². The molecule has 100 valence electrons. The second kappa shape index (κ2) is 6.15. The predicted octanol–water partition coefficient (Wildman–Crippen LogP) is -0.501. The summed E-state index contributed by atoms with van der Waals surface area (Å²) in [7, 11) is 3.87. The first-order chi connectivity index (χ1) is 8.40. The normalized spacial score (nSPS) is 19.5. The average Bonchev–Trinajstić information content (AvgIpc) is 2.75. The summed E-state index contributed by atoms with van der Waals surface area (Å²) in [4.78, 5) is 36.6. The van der Waals surface area contributed by atoms with E-state index in [4.69, 9.17) is 5.11 Å². The molecular formula is C11H17N3O4. The maximum absolute atomic E-state index is 11.7. The fraction of sp³-hybridized carbons (Fsp3) is 0.545. The van der Waals surface area contributed by atoms with E-state index in [2.05, 4.69) is 5.32 Å². The van der Waals surface area contributed by atoms with Crippen LogP contribution in [0.4, 0.5) is 4.79 Å². The zero-order valence-electron chi connectivity index (χ0n) is 10.4. The Labute approximate surface area is 105 Å². The molecule has 1 rings (SSSR count). The standard InChI is InChI=1S/C11H17N3O4/c1-13(2)8-5-6-14(7-8)11(18)12-9(15)3-4-10(16)17/h3-4,8H,5-7H2,1-2H3,(H,16,17)(H,12,15,18). The van der Waals surface area contributed by atoms with Gasteiger partial charge in [-0.25, -0.2) is 9.59 Å². The van der Waals surface area contributed by atoms with Gasteiger partial charge >= 0.3 is 12.0 Å². The van der Waals surface area contributed by atoms with Crippen LogP contribution >= 0.6 is 0 Å². The van der Waals surface area contributed by atoms with E-state index in [-0.39, 0.29) is 0 Å². The van der Waals surface area contributed by atoms with Crippen molar-refractivity contribution in [1.82, 2.24) is 15.1 Å². The lowest BCUT2D eigenvalue weighted by atomic mass is 10.2. The van der Waals surface area contributed by atoms with Crippen molar-refractivity contribution < 1.29 is 19.5 Å². The zero-order valence-corrected chi connectivity index (χ0v) is 10.4. The van der Waals surface area contributed by atoms with Crippen molar-refractivity contribution in [2.75, 3.05) is 27.2 Å². The van der Waals surface area contributed by atoms with E-state index >= 15 is 0 Å². The zero-order chi connectivity index (χ0) is 13.7. The van der Waals surface area contributed by atoms with E-state index in [1.54, 1.807) is 0 Å². The predicted molar refractivity (Wildman–Crippen MR) is 64.0 cm³/mol. The van der Waals surface area contributed by atoms with Gasteiger partial charge in [0.05, 0.1) is 0 Å². The Morgan fingerprint density at radius 3 is 2.50 bits per heavy atom. The number of carboxylic acid groups (broad SMARTS) is 1. The molecule has 1 aliphatic rings. The molecule has 1 atom stereocenters. The summed E-state index contributed by atoms with van der Waals surface area (Å²) in [5.41, 5.74) is 0. The van der Waals surface area contributed by atoms with Crippen LogP contribution < -0.4 is 5.32 Å². The van der Waals surface area contributed by atoms with Gasteiger partial charge in [-0.3, -0.25) is 10.1 Å². The first-order valence-corrected chi connectivity index (χ1v) is 5.57. The minimum Gasteiger partial charge on any atom is -0.478 e. The molecule has 3 amide bonds. The van der Waals surface area contributed by atoms with E-state index in [1.165, 1.54) is 4.90 Å².